The molecule has 1 atom stereocenters. The number of anilines is 1. The molecule has 10 heteroatoms. The number of nitrogens with one attached hydrogen (secondary N) is 1. The van der Waals surface area contributed by atoms with Crippen molar-refractivity contribution in [1.29, 1.82) is 0 Å². The zero-order valence-corrected chi connectivity index (χ0v) is 25.9. The van der Waals surface area contributed by atoms with Crippen LogP contribution in [-0.2, 0) is 26.2 Å². The number of hydrogen-bond donors (Lipinski definition) is 1. The summed E-state index contributed by atoms with van der Waals surface area (Å²) < 4.78 is 29.0. The monoisotopic (exact) mass is 603 g/mol. The maximum Gasteiger partial charge on any atom is 0.264 e. The Morgan fingerprint density at radius 1 is 0.825 bits per heavy atom. The predicted octanol–water partition coefficient (Wildman–Crippen LogP) is 6.06. The molecule has 0 saturated heterocycles. The van der Waals surface area contributed by atoms with Crippen molar-refractivity contribution in [1.82, 2.24) is 10.2 Å². The average molecular weight is 605 g/mol. The Hall–Kier alpha value is -3.07. The largest absolute Gasteiger partial charge is 0.352 e. The van der Waals surface area contributed by atoms with Crippen LogP contribution in [0, 0.1) is 20.8 Å². The minimum absolute atomic E-state index is 0.0215. The Kier molecular flexibility index (Phi) is 10.3. The van der Waals surface area contributed by atoms with Crippen molar-refractivity contribution in [3.8, 4) is 0 Å². The third kappa shape index (κ3) is 7.77. The maximum absolute atomic E-state index is 14.0. The molecule has 0 fully saturated rings. The topological polar surface area (TPSA) is 86.8 Å². The van der Waals surface area contributed by atoms with E-state index in [4.69, 9.17) is 23.2 Å². The molecule has 214 valence electrons. The van der Waals surface area contributed by atoms with Crippen molar-refractivity contribution >= 4 is 50.7 Å². The number of halogens is 2. The normalized spacial score (nSPS) is 12.2. The first kappa shape index (κ1) is 31.5. The summed E-state index contributed by atoms with van der Waals surface area (Å²) in [6.07, 6.45) is 0. The van der Waals surface area contributed by atoms with Gasteiger partial charge in [0, 0.05) is 12.6 Å². The van der Waals surface area contributed by atoms with Crippen molar-refractivity contribution in [2.45, 2.75) is 65.1 Å². The van der Waals surface area contributed by atoms with Gasteiger partial charge in [-0.05, 0) is 94.6 Å². The Balaban J connectivity index is 2.08. The van der Waals surface area contributed by atoms with Crippen molar-refractivity contribution in [2.24, 2.45) is 0 Å². The van der Waals surface area contributed by atoms with E-state index in [1.165, 1.54) is 17.0 Å². The van der Waals surface area contributed by atoms with Gasteiger partial charge in [0.1, 0.15) is 12.6 Å². The Bertz CT molecular complexity index is 1470. The summed E-state index contributed by atoms with van der Waals surface area (Å²) in [6, 6.07) is 15.8. The van der Waals surface area contributed by atoms with Crippen LogP contribution >= 0.6 is 23.2 Å². The number of sulfonamides is 1. The van der Waals surface area contributed by atoms with Gasteiger partial charge in [-0.1, -0.05) is 53.0 Å². The number of amides is 2. The van der Waals surface area contributed by atoms with Crippen LogP contribution in [0.1, 0.15) is 43.0 Å². The zero-order chi connectivity index (χ0) is 29.8. The van der Waals surface area contributed by atoms with Crippen LogP contribution in [-0.4, -0.2) is 43.8 Å². The van der Waals surface area contributed by atoms with Crippen LogP contribution in [0.5, 0.6) is 0 Å². The smallest absolute Gasteiger partial charge is 0.264 e. The summed E-state index contributed by atoms with van der Waals surface area (Å²) in [6.45, 7) is 10.4. The van der Waals surface area contributed by atoms with E-state index in [0.717, 1.165) is 21.0 Å². The molecule has 0 heterocycles. The molecular formula is C30H35Cl2N3O4S. The fourth-order valence-electron chi connectivity index (χ4n) is 4.28. The minimum atomic E-state index is -4.14. The second kappa shape index (κ2) is 13.1. The third-order valence-electron chi connectivity index (χ3n) is 6.32. The van der Waals surface area contributed by atoms with Gasteiger partial charge in [-0.25, -0.2) is 8.42 Å². The summed E-state index contributed by atoms with van der Waals surface area (Å²) in [5.41, 5.74) is 3.62. The maximum atomic E-state index is 14.0. The number of aryl methyl sites for hydroxylation is 3. The number of carbonyl (C=O) groups excluding carboxylic acids is 2. The van der Waals surface area contributed by atoms with Gasteiger partial charge in [0.25, 0.3) is 10.0 Å². The fraction of sp³-hybridized carbons (Fsp3) is 0.333. The van der Waals surface area contributed by atoms with Crippen LogP contribution in [0.15, 0.2) is 65.6 Å². The van der Waals surface area contributed by atoms with Gasteiger partial charge >= 0.3 is 0 Å². The highest BCUT2D eigenvalue weighted by molar-refractivity contribution is 7.92. The molecule has 40 heavy (non-hydrogen) atoms. The molecule has 3 rings (SSSR count). The van der Waals surface area contributed by atoms with Crippen LogP contribution < -0.4 is 9.62 Å². The van der Waals surface area contributed by atoms with Crippen molar-refractivity contribution in [3.05, 3.63) is 93.0 Å². The van der Waals surface area contributed by atoms with Gasteiger partial charge in [0.05, 0.1) is 20.6 Å². The lowest BCUT2D eigenvalue weighted by Crippen LogP contribution is -2.52. The van der Waals surface area contributed by atoms with Gasteiger partial charge in [0.2, 0.25) is 11.8 Å². The van der Waals surface area contributed by atoms with Crippen molar-refractivity contribution in [3.63, 3.8) is 0 Å². The molecule has 0 aliphatic carbocycles. The highest BCUT2D eigenvalue weighted by Crippen LogP contribution is 2.28. The number of benzene rings is 3. The summed E-state index contributed by atoms with van der Waals surface area (Å²) >= 11 is 12.3. The van der Waals surface area contributed by atoms with E-state index in [1.54, 1.807) is 49.4 Å². The Labute approximate surface area is 247 Å². The summed E-state index contributed by atoms with van der Waals surface area (Å²) in [7, 11) is -4.14. The Morgan fingerprint density at radius 2 is 1.43 bits per heavy atom. The molecule has 3 aromatic rings. The summed E-state index contributed by atoms with van der Waals surface area (Å²) in [5.74, 6) is -0.907. The van der Waals surface area contributed by atoms with Crippen molar-refractivity contribution < 1.29 is 18.0 Å². The molecule has 3 aromatic carbocycles. The van der Waals surface area contributed by atoms with E-state index < -0.39 is 28.5 Å². The van der Waals surface area contributed by atoms with E-state index in [-0.39, 0.29) is 23.4 Å². The molecule has 0 radical (unpaired) electrons. The van der Waals surface area contributed by atoms with E-state index >= 15 is 0 Å². The number of carbonyl (C=O) groups is 2. The number of rotatable bonds is 10. The SMILES string of the molecule is Cc1ccc(S(=O)(=O)N(CC(=O)N(Cc2ccc(Cl)c(Cl)c2)C(C)C(=O)NC(C)C)c2cc(C)cc(C)c2)cc1. The fourth-order valence-corrected chi connectivity index (χ4v) is 6.00. The Morgan fingerprint density at radius 3 is 1.98 bits per heavy atom. The molecule has 0 bridgehead atoms. The second-order valence-corrected chi connectivity index (χ2v) is 13.0. The molecule has 7 nitrogen and oxygen atoms in total. The van der Waals surface area contributed by atoms with Gasteiger partial charge in [-0.2, -0.15) is 0 Å². The second-order valence-electron chi connectivity index (χ2n) is 10.3. The van der Waals surface area contributed by atoms with E-state index in [9.17, 15) is 18.0 Å². The molecule has 0 aromatic heterocycles. The molecule has 0 aliphatic heterocycles. The minimum Gasteiger partial charge on any atom is -0.352 e. The molecule has 1 N–H and O–H groups in total. The van der Waals surface area contributed by atoms with Gasteiger partial charge in [-0.15, -0.1) is 0 Å². The van der Waals surface area contributed by atoms with E-state index in [0.29, 0.717) is 21.3 Å². The van der Waals surface area contributed by atoms with Crippen LogP contribution in [0.2, 0.25) is 10.0 Å². The standard InChI is InChI=1S/C30H35Cl2N3O4S/c1-19(2)33-30(37)23(6)34(17-24-9-12-27(31)28(32)16-24)29(36)18-35(25-14-21(4)13-22(5)15-25)40(38,39)26-10-7-20(3)8-11-26/h7-16,19,23H,17-18H2,1-6H3,(H,33,37). The first-order valence-corrected chi connectivity index (χ1v) is 15.1. The number of hydrogen-bond acceptors (Lipinski definition) is 4. The molecule has 0 saturated carbocycles. The molecule has 2 amide bonds. The zero-order valence-electron chi connectivity index (χ0n) is 23.5. The molecule has 0 spiro atoms. The highest BCUT2D eigenvalue weighted by Gasteiger charge is 2.33. The van der Waals surface area contributed by atoms with Crippen LogP contribution in [0.3, 0.4) is 0 Å². The predicted molar refractivity (Wildman–Crippen MR) is 161 cm³/mol. The van der Waals surface area contributed by atoms with Gasteiger partial charge < -0.3 is 10.2 Å². The third-order valence-corrected chi connectivity index (χ3v) is 8.84. The van der Waals surface area contributed by atoms with Gasteiger partial charge in [-0.3, -0.25) is 13.9 Å². The van der Waals surface area contributed by atoms with Crippen LogP contribution in [0.25, 0.3) is 0 Å². The van der Waals surface area contributed by atoms with E-state index in [2.05, 4.69) is 5.32 Å². The average Bonchev–Trinajstić information content (AvgIpc) is 2.86. The number of nitrogens with zero attached hydrogens (tertiary/aromatic N) is 2. The quantitative estimate of drug-likeness (QED) is 0.305. The van der Waals surface area contributed by atoms with Crippen LogP contribution in [0.4, 0.5) is 5.69 Å². The lowest BCUT2D eigenvalue weighted by Gasteiger charge is -2.32. The summed E-state index contributed by atoms with van der Waals surface area (Å²) in [5, 5.41) is 3.50. The lowest BCUT2D eigenvalue weighted by atomic mass is 10.1. The first-order chi connectivity index (χ1) is 18.7. The van der Waals surface area contributed by atoms with Crippen molar-refractivity contribution in [2.75, 3.05) is 10.8 Å². The highest BCUT2D eigenvalue weighted by atomic mass is 35.5. The lowest BCUT2D eigenvalue weighted by molar-refractivity contribution is -0.139. The molecule has 0 aliphatic rings. The first-order valence-electron chi connectivity index (χ1n) is 12.9. The summed E-state index contributed by atoms with van der Waals surface area (Å²) in [4.78, 5) is 28.4. The molecule has 1 unspecified atom stereocenters. The van der Waals surface area contributed by atoms with E-state index in [1.807, 2.05) is 40.7 Å². The van der Waals surface area contributed by atoms with Gasteiger partial charge in [0.15, 0.2) is 0 Å². The molecular weight excluding hydrogens is 569 g/mol.